The zero-order valence-corrected chi connectivity index (χ0v) is 30.1. The number of aromatic nitrogens is 6. The van der Waals surface area contributed by atoms with Gasteiger partial charge in [-0.2, -0.15) is 6.07 Å². The first-order valence-corrected chi connectivity index (χ1v) is 16.8. The number of nitrogens with zero attached hydrogens (tertiary/aromatic N) is 6. The van der Waals surface area contributed by atoms with Gasteiger partial charge in [0.2, 0.25) is 0 Å². The number of benzene rings is 4. The fourth-order valence-electron chi connectivity index (χ4n) is 8.72. The second-order valence-electron chi connectivity index (χ2n) is 14.5. The topological polar surface area (TPSA) is 64.7 Å². The van der Waals surface area contributed by atoms with Gasteiger partial charge in [-0.25, -0.2) is 9.97 Å². The van der Waals surface area contributed by atoms with Crippen molar-refractivity contribution in [2.45, 2.75) is 38.5 Å². The van der Waals surface area contributed by atoms with E-state index in [1.165, 1.54) is 5.56 Å². The van der Waals surface area contributed by atoms with Gasteiger partial charge in [0.1, 0.15) is 16.9 Å². The predicted octanol–water partition coefficient (Wildman–Crippen LogP) is 9.40. The summed E-state index contributed by atoms with van der Waals surface area (Å²) < 4.78 is 8.92. The van der Waals surface area contributed by atoms with Gasteiger partial charge < -0.3 is 18.6 Å². The van der Waals surface area contributed by atoms with Gasteiger partial charge in [0.15, 0.2) is 11.5 Å². The molecule has 0 spiro atoms. The molecule has 50 heavy (non-hydrogen) atoms. The summed E-state index contributed by atoms with van der Waals surface area (Å²) in [7, 11) is 0. The molecule has 6 aromatic heterocycles. The molecule has 0 bridgehead atoms. The summed E-state index contributed by atoms with van der Waals surface area (Å²) in [5.74, 6) is 1.07. The molecule has 4 aromatic carbocycles. The van der Waals surface area contributed by atoms with Crippen LogP contribution in [-0.4, -0.2) is 33.0 Å². The molecule has 0 saturated heterocycles. The van der Waals surface area contributed by atoms with Crippen LogP contribution in [-0.2, 0) is 31.9 Å². The molecule has 1 N–H and O–H groups in total. The van der Waals surface area contributed by atoms with Crippen molar-refractivity contribution in [2.24, 2.45) is 0 Å². The normalized spacial score (nSPS) is 15.0. The molecule has 0 unspecified atom stereocenters. The Morgan fingerprint density at radius 2 is 1.34 bits per heavy atom. The standard InChI is InChI=1S/C42H31N6O.Pt/c1-41(2)29-14-9-17-32-35(29)48-37(42(41,3)4)40(44-39(48)36-34(49)20-22-45(32)36)47-31-16-8-5-11-25(31)27-19-18-24(23-33(27)47)46-30-15-7-6-12-26(30)28-13-10-21-43-38(28)46;/h5-22,49H,1-4H3;/q-1;. The van der Waals surface area contributed by atoms with Crippen LogP contribution >= 0.6 is 0 Å². The molecule has 0 radical (unpaired) electrons. The van der Waals surface area contributed by atoms with Gasteiger partial charge >= 0.3 is 0 Å². The summed E-state index contributed by atoms with van der Waals surface area (Å²) in [6, 6.07) is 37.7. The molecule has 7 heterocycles. The summed E-state index contributed by atoms with van der Waals surface area (Å²) in [6.45, 7) is 9.35. The molecule has 8 heteroatoms. The van der Waals surface area contributed by atoms with E-state index in [9.17, 15) is 5.11 Å². The number of imidazole rings is 1. The van der Waals surface area contributed by atoms with E-state index >= 15 is 0 Å². The van der Waals surface area contributed by atoms with Crippen molar-refractivity contribution in [2.75, 3.05) is 0 Å². The van der Waals surface area contributed by atoms with Gasteiger partial charge in [-0.3, -0.25) is 4.40 Å². The monoisotopic (exact) mass is 830 g/mol. The van der Waals surface area contributed by atoms with Crippen LogP contribution < -0.4 is 0 Å². The first kappa shape index (κ1) is 29.5. The predicted molar refractivity (Wildman–Crippen MR) is 197 cm³/mol. The Bertz CT molecular complexity index is 3030. The van der Waals surface area contributed by atoms with E-state index in [0.29, 0.717) is 5.52 Å². The molecular weight excluding hydrogens is 800 g/mol. The Kier molecular flexibility index (Phi) is 5.69. The Morgan fingerprint density at radius 1 is 0.640 bits per heavy atom. The SMILES string of the molecule is CC1(C)c2cccc3c2n2c(c(-n4c5[c-]c(-n6c7ccccc7c7cccnc76)ccc5c5ccccc54)nc2c2c(O)ccn32)C1(C)C.[Pt]. The summed E-state index contributed by atoms with van der Waals surface area (Å²) in [6.07, 6.45) is 3.81. The van der Waals surface area contributed by atoms with E-state index in [1.54, 1.807) is 6.07 Å². The second-order valence-corrected chi connectivity index (χ2v) is 14.5. The van der Waals surface area contributed by atoms with Crippen LogP contribution in [0.25, 0.3) is 77.4 Å². The van der Waals surface area contributed by atoms with E-state index in [1.807, 2.05) is 18.5 Å². The minimum absolute atomic E-state index is 0. The number of rotatable bonds is 2. The minimum Gasteiger partial charge on any atom is -0.506 e. The van der Waals surface area contributed by atoms with Gasteiger partial charge in [-0.05, 0) is 47.3 Å². The van der Waals surface area contributed by atoms with Gasteiger partial charge in [0.05, 0.1) is 22.2 Å². The maximum Gasteiger partial charge on any atom is 0.168 e. The van der Waals surface area contributed by atoms with Crippen LogP contribution in [0, 0.1) is 6.07 Å². The Balaban J connectivity index is 0.00000316. The Morgan fingerprint density at radius 3 is 2.14 bits per heavy atom. The molecule has 0 atom stereocenters. The van der Waals surface area contributed by atoms with Crippen LogP contribution in [0.1, 0.15) is 39.0 Å². The van der Waals surface area contributed by atoms with Gasteiger partial charge in [-0.15, -0.1) is 17.5 Å². The van der Waals surface area contributed by atoms with Crippen molar-refractivity contribution in [1.29, 1.82) is 0 Å². The molecule has 7 nitrogen and oxygen atoms in total. The van der Waals surface area contributed by atoms with Crippen LogP contribution in [0.2, 0.25) is 0 Å². The smallest absolute Gasteiger partial charge is 0.168 e. The fraction of sp³-hybridized carbons (Fsp3) is 0.143. The molecule has 11 rings (SSSR count). The largest absolute Gasteiger partial charge is 0.506 e. The quantitative estimate of drug-likeness (QED) is 0.177. The van der Waals surface area contributed by atoms with Crippen molar-refractivity contribution in [3.05, 3.63) is 127 Å². The molecular formula is C42H31N6OPt-. The summed E-state index contributed by atoms with van der Waals surface area (Å²) in [4.78, 5) is 10.4. The van der Waals surface area contributed by atoms with E-state index in [0.717, 1.165) is 77.6 Å². The molecule has 10 aromatic rings. The molecule has 1 aliphatic heterocycles. The van der Waals surface area contributed by atoms with Crippen LogP contribution in [0.15, 0.2) is 109 Å². The number of para-hydroxylation sites is 3. The van der Waals surface area contributed by atoms with Gasteiger partial charge in [0, 0.05) is 60.6 Å². The van der Waals surface area contributed by atoms with Crippen molar-refractivity contribution < 1.29 is 26.2 Å². The van der Waals surface area contributed by atoms with E-state index < -0.39 is 0 Å². The number of aromatic hydroxyl groups is 1. The Labute approximate surface area is 301 Å². The third-order valence-electron chi connectivity index (χ3n) is 11.7. The summed E-state index contributed by atoms with van der Waals surface area (Å²) >= 11 is 0. The second kappa shape index (κ2) is 9.64. The number of fused-ring (bicyclic) bond motifs is 9. The zero-order chi connectivity index (χ0) is 33.0. The van der Waals surface area contributed by atoms with Crippen LogP contribution in [0.5, 0.6) is 5.75 Å². The average molecular weight is 831 g/mol. The van der Waals surface area contributed by atoms with Gasteiger partial charge in [0.25, 0.3) is 0 Å². The summed E-state index contributed by atoms with van der Waals surface area (Å²) in [5.41, 5.74) is 10.3. The van der Waals surface area contributed by atoms with Gasteiger partial charge in [-0.1, -0.05) is 87.4 Å². The van der Waals surface area contributed by atoms with Crippen molar-refractivity contribution in [1.82, 2.24) is 27.9 Å². The van der Waals surface area contributed by atoms with Crippen LogP contribution in [0.3, 0.4) is 0 Å². The van der Waals surface area contributed by atoms with E-state index in [2.05, 4.69) is 137 Å². The number of hydrogen-bond donors (Lipinski definition) is 1. The maximum atomic E-state index is 11.3. The molecule has 0 amide bonds. The first-order valence-electron chi connectivity index (χ1n) is 16.8. The molecule has 246 valence electrons. The third kappa shape index (κ3) is 3.34. The molecule has 0 saturated carbocycles. The zero-order valence-electron chi connectivity index (χ0n) is 27.8. The van der Waals surface area contributed by atoms with Crippen molar-refractivity contribution in [3.63, 3.8) is 0 Å². The van der Waals surface area contributed by atoms with E-state index in [4.69, 9.17) is 9.97 Å². The average Bonchev–Trinajstić information content (AvgIpc) is 3.86. The maximum absolute atomic E-state index is 11.3. The first-order chi connectivity index (χ1) is 23.8. The number of pyridine rings is 1. The minimum atomic E-state index is -0.352. The van der Waals surface area contributed by atoms with Crippen molar-refractivity contribution >= 4 is 65.9 Å². The Hall–Kier alpha value is -5.39. The fourth-order valence-corrected chi connectivity index (χ4v) is 8.72. The summed E-state index contributed by atoms with van der Waals surface area (Å²) in [5, 5.41) is 15.8. The molecule has 0 fully saturated rings. The number of hydrogen-bond acceptors (Lipinski definition) is 3. The molecule has 1 aliphatic rings. The van der Waals surface area contributed by atoms with Crippen LogP contribution in [0.4, 0.5) is 0 Å². The third-order valence-corrected chi connectivity index (χ3v) is 11.7. The van der Waals surface area contributed by atoms with E-state index in [-0.39, 0.29) is 37.6 Å². The van der Waals surface area contributed by atoms with Crippen molar-refractivity contribution in [3.8, 4) is 17.3 Å². The molecule has 0 aliphatic carbocycles.